The number of sulfone groups is 1. The molecule has 5 atom stereocenters. The molecule has 0 saturated heterocycles. The van der Waals surface area contributed by atoms with Gasteiger partial charge in [-0.1, -0.05) is 37.1 Å². The summed E-state index contributed by atoms with van der Waals surface area (Å²) in [6.45, 7) is 3.46. The second-order valence-electron chi connectivity index (χ2n) is 9.56. The molecule has 1 fully saturated rings. The van der Waals surface area contributed by atoms with Gasteiger partial charge in [-0.2, -0.15) is 0 Å². The molecule has 9 nitrogen and oxygen atoms in total. The van der Waals surface area contributed by atoms with E-state index in [2.05, 4.69) is 20.7 Å². The lowest BCUT2D eigenvalue weighted by Gasteiger charge is -2.49. The maximum absolute atomic E-state index is 13.8. The van der Waals surface area contributed by atoms with Crippen LogP contribution in [-0.2, 0) is 9.84 Å². The number of hydrogen-bond donors (Lipinski definition) is 4. The third kappa shape index (κ3) is 5.05. The van der Waals surface area contributed by atoms with E-state index < -0.39 is 56.2 Å². The number of aliphatic hydroxyl groups is 2. The monoisotopic (exact) mass is 568 g/mol. The van der Waals surface area contributed by atoms with Crippen molar-refractivity contribution in [3.8, 4) is 0 Å². The summed E-state index contributed by atoms with van der Waals surface area (Å²) >= 11 is 6.27. The molecule has 0 aliphatic heterocycles. The van der Waals surface area contributed by atoms with Crippen molar-refractivity contribution in [3.63, 3.8) is 0 Å². The van der Waals surface area contributed by atoms with Crippen LogP contribution in [0.5, 0.6) is 0 Å². The van der Waals surface area contributed by atoms with Crippen molar-refractivity contribution >= 4 is 33.0 Å². The van der Waals surface area contributed by atoms with Crippen LogP contribution in [0.1, 0.15) is 55.3 Å². The number of rotatable bonds is 7. The van der Waals surface area contributed by atoms with Crippen molar-refractivity contribution in [1.29, 1.82) is 0 Å². The number of anilines is 1. The highest BCUT2D eigenvalue weighted by molar-refractivity contribution is 7.92. The van der Waals surface area contributed by atoms with Crippen LogP contribution >= 0.6 is 11.6 Å². The van der Waals surface area contributed by atoms with Gasteiger partial charge in [0.2, 0.25) is 0 Å². The number of aromatic amines is 1. The van der Waals surface area contributed by atoms with Crippen molar-refractivity contribution < 1.29 is 32.2 Å². The summed E-state index contributed by atoms with van der Waals surface area (Å²) in [5.74, 6) is -4.21. The zero-order valence-electron chi connectivity index (χ0n) is 20.5. The van der Waals surface area contributed by atoms with Gasteiger partial charge in [0.25, 0.3) is 5.91 Å². The highest BCUT2D eigenvalue weighted by Crippen LogP contribution is 2.49. The van der Waals surface area contributed by atoms with Gasteiger partial charge in [0.15, 0.2) is 21.5 Å². The maximum atomic E-state index is 13.8. The highest BCUT2D eigenvalue weighted by Gasteiger charge is 2.54. The number of carbonyl (C=O) groups excluding carboxylic acids is 1. The first kappa shape index (κ1) is 28.1. The molecule has 1 aromatic heterocycles. The van der Waals surface area contributed by atoms with Gasteiger partial charge in [-0.25, -0.2) is 17.2 Å². The fourth-order valence-electron chi connectivity index (χ4n) is 5.23. The Hall–Kier alpha value is -2.93. The average Bonchev–Trinajstić information content (AvgIpc) is 3.42. The predicted octanol–water partition coefficient (Wildman–Crippen LogP) is 4.05. The molecule has 2 aromatic carbocycles. The molecule has 1 unspecified atom stereocenters. The maximum Gasteiger partial charge on any atom is 0.255 e. The van der Waals surface area contributed by atoms with Crippen molar-refractivity contribution in [2.75, 3.05) is 5.32 Å². The van der Waals surface area contributed by atoms with Crippen LogP contribution in [0, 0.1) is 23.5 Å². The lowest BCUT2D eigenvalue weighted by Crippen LogP contribution is -2.55. The Kier molecular flexibility index (Phi) is 7.89. The lowest BCUT2D eigenvalue weighted by atomic mass is 9.64. The lowest BCUT2D eigenvalue weighted by molar-refractivity contribution is -0.167. The second kappa shape index (κ2) is 10.7. The summed E-state index contributed by atoms with van der Waals surface area (Å²) in [5.41, 5.74) is -1.55. The molecule has 1 heterocycles. The van der Waals surface area contributed by atoms with Crippen molar-refractivity contribution in [2.24, 2.45) is 11.8 Å². The van der Waals surface area contributed by atoms with E-state index in [0.717, 1.165) is 18.2 Å². The number of halogens is 3. The van der Waals surface area contributed by atoms with E-state index in [1.807, 2.05) is 0 Å². The number of aliphatic hydroxyl groups excluding tert-OH is 1. The van der Waals surface area contributed by atoms with E-state index >= 15 is 0 Å². The number of hydrogen-bond acceptors (Lipinski definition) is 7. The predicted molar refractivity (Wildman–Crippen MR) is 135 cm³/mol. The Morgan fingerprint density at radius 2 is 1.97 bits per heavy atom. The molecule has 1 aliphatic carbocycles. The minimum absolute atomic E-state index is 0.00916. The average molecular weight is 569 g/mol. The van der Waals surface area contributed by atoms with Crippen molar-refractivity contribution in [1.82, 2.24) is 15.4 Å². The van der Waals surface area contributed by atoms with Gasteiger partial charge in [-0.15, -0.1) is 5.10 Å². The van der Waals surface area contributed by atoms with E-state index in [1.165, 1.54) is 24.4 Å². The molecule has 0 radical (unpaired) electrons. The number of H-pyrrole nitrogens is 1. The third-order valence-electron chi connectivity index (χ3n) is 7.37. The van der Waals surface area contributed by atoms with E-state index in [4.69, 9.17) is 11.6 Å². The third-order valence-corrected chi connectivity index (χ3v) is 10.0. The Balaban J connectivity index is 1.61. The Morgan fingerprint density at radius 1 is 1.24 bits per heavy atom. The first-order valence-electron chi connectivity index (χ1n) is 12.0. The Bertz CT molecular complexity index is 1440. The largest absolute Gasteiger partial charge is 0.386 e. The zero-order valence-corrected chi connectivity index (χ0v) is 22.1. The molecule has 1 amide bonds. The number of benzene rings is 2. The number of carbonyl (C=O) groups is 1. The van der Waals surface area contributed by atoms with Crippen molar-refractivity contribution in [3.05, 3.63) is 70.5 Å². The molecule has 4 N–H and O–H groups in total. The van der Waals surface area contributed by atoms with Gasteiger partial charge >= 0.3 is 0 Å². The standard InChI is InChI=1S/C25H27ClF2N4O5S/c1-3-15-10-17(8-13(2)25(15,35)23(33)21-12-29-32-31-21)38(36,37)22-9-14(4-6-18(22)26)24(34)30-16-5-7-19(27)20(28)11-16/h4-7,9,11-13,15,17,23,33,35H,3,8,10H2,1-2H3,(H,30,34)(H,29,31,32)/t13-,15+,17-,23?,25-/m0/s1. The summed E-state index contributed by atoms with van der Waals surface area (Å²) in [5, 5.41) is 33.8. The minimum Gasteiger partial charge on any atom is -0.386 e. The molecule has 38 heavy (non-hydrogen) atoms. The van der Waals surface area contributed by atoms with Gasteiger partial charge in [0, 0.05) is 23.5 Å². The number of amides is 1. The van der Waals surface area contributed by atoms with Crippen LogP contribution in [0.15, 0.2) is 47.5 Å². The SMILES string of the molecule is CC[C@@H]1C[C@@H](S(=O)(=O)c2cc(C(=O)Nc3ccc(F)c(F)c3)ccc2Cl)C[C@H](C)[C@@]1(O)C(O)c1c[nH]nn1. The molecule has 0 bridgehead atoms. The normalized spacial score (nSPS) is 24.7. The molecular formula is C25H27ClF2N4O5S. The van der Waals surface area contributed by atoms with Crippen LogP contribution in [-0.4, -0.2) is 50.8 Å². The van der Waals surface area contributed by atoms with Crippen LogP contribution in [0.3, 0.4) is 0 Å². The fraction of sp³-hybridized carbons (Fsp3) is 0.400. The number of aromatic nitrogens is 3. The summed E-state index contributed by atoms with van der Waals surface area (Å²) < 4.78 is 54.2. The summed E-state index contributed by atoms with van der Waals surface area (Å²) in [6, 6.07) is 6.59. The van der Waals surface area contributed by atoms with Gasteiger partial charge in [-0.3, -0.25) is 9.89 Å². The van der Waals surface area contributed by atoms with E-state index in [0.29, 0.717) is 6.42 Å². The van der Waals surface area contributed by atoms with E-state index in [-0.39, 0.29) is 39.7 Å². The van der Waals surface area contributed by atoms with Crippen LogP contribution in [0.4, 0.5) is 14.5 Å². The molecule has 4 rings (SSSR count). The topological polar surface area (TPSA) is 145 Å². The highest BCUT2D eigenvalue weighted by atomic mass is 35.5. The van der Waals surface area contributed by atoms with Gasteiger partial charge < -0.3 is 15.5 Å². The molecule has 1 aliphatic rings. The first-order chi connectivity index (χ1) is 17.9. The minimum atomic E-state index is -4.09. The van der Waals surface area contributed by atoms with Crippen LogP contribution in [0.25, 0.3) is 0 Å². The number of nitrogens with zero attached hydrogens (tertiary/aromatic N) is 2. The smallest absolute Gasteiger partial charge is 0.255 e. The molecular weight excluding hydrogens is 542 g/mol. The molecule has 13 heteroatoms. The van der Waals surface area contributed by atoms with Crippen LogP contribution < -0.4 is 5.32 Å². The summed E-state index contributed by atoms with van der Waals surface area (Å²) in [7, 11) is -4.09. The first-order valence-corrected chi connectivity index (χ1v) is 13.9. The summed E-state index contributed by atoms with van der Waals surface area (Å²) in [6.07, 6.45) is 0.437. The van der Waals surface area contributed by atoms with Gasteiger partial charge in [0.05, 0.1) is 15.2 Å². The number of nitrogens with one attached hydrogen (secondary N) is 2. The molecule has 1 saturated carbocycles. The van der Waals surface area contributed by atoms with E-state index in [9.17, 15) is 32.2 Å². The summed E-state index contributed by atoms with van der Waals surface area (Å²) in [4.78, 5) is 12.5. The van der Waals surface area contributed by atoms with Gasteiger partial charge in [0.1, 0.15) is 17.4 Å². The van der Waals surface area contributed by atoms with Crippen molar-refractivity contribution in [2.45, 2.75) is 55.0 Å². The second-order valence-corrected chi connectivity index (χ2v) is 12.2. The molecule has 204 valence electrons. The molecule has 0 spiro atoms. The Labute approximate surface area is 223 Å². The van der Waals surface area contributed by atoms with Gasteiger partial charge in [-0.05, 0) is 55.0 Å². The van der Waals surface area contributed by atoms with Crippen LogP contribution in [0.2, 0.25) is 5.02 Å². The molecule has 3 aromatic rings. The quantitative estimate of drug-likeness (QED) is 0.336. The fourth-order valence-corrected chi connectivity index (χ4v) is 7.69. The zero-order chi connectivity index (χ0) is 27.8. The van der Waals surface area contributed by atoms with E-state index in [1.54, 1.807) is 13.8 Å². The Morgan fingerprint density at radius 3 is 2.61 bits per heavy atom.